The molecule has 0 radical (unpaired) electrons. The first kappa shape index (κ1) is 17.8. The zero-order chi connectivity index (χ0) is 19.0. The molecular formula is C21H22N4OS. The summed E-state index contributed by atoms with van der Waals surface area (Å²) in [4.78, 5) is 15.1. The summed E-state index contributed by atoms with van der Waals surface area (Å²) in [6.07, 6.45) is 0.904. The molecule has 0 bridgehead atoms. The molecule has 0 aliphatic carbocycles. The fourth-order valence-corrected chi connectivity index (χ4v) is 4.43. The Morgan fingerprint density at radius 2 is 1.81 bits per heavy atom. The van der Waals surface area contributed by atoms with Crippen LogP contribution in [0.1, 0.15) is 19.4 Å². The number of benzene rings is 2. The van der Waals surface area contributed by atoms with Gasteiger partial charge >= 0.3 is 0 Å². The number of anilines is 1. The summed E-state index contributed by atoms with van der Waals surface area (Å²) in [7, 11) is 1.94. The molecule has 138 valence electrons. The summed E-state index contributed by atoms with van der Waals surface area (Å²) >= 11 is 1.46. The number of fused-ring (bicyclic) bond motifs is 1. The van der Waals surface area contributed by atoms with E-state index in [1.807, 2.05) is 72.0 Å². The van der Waals surface area contributed by atoms with Gasteiger partial charge in [0.15, 0.2) is 11.0 Å². The number of aromatic nitrogens is 3. The molecule has 2 heterocycles. The average molecular weight is 379 g/mol. The number of amides is 1. The van der Waals surface area contributed by atoms with Gasteiger partial charge in [0.05, 0.1) is 5.25 Å². The summed E-state index contributed by atoms with van der Waals surface area (Å²) in [6, 6.07) is 18.3. The number of hydrogen-bond donors (Lipinski definition) is 0. The number of rotatable bonds is 4. The van der Waals surface area contributed by atoms with E-state index < -0.39 is 0 Å². The lowest BCUT2D eigenvalue weighted by molar-refractivity contribution is -0.118. The molecule has 6 heteroatoms. The third-order valence-corrected chi connectivity index (χ3v) is 6.06. The van der Waals surface area contributed by atoms with Crippen molar-refractivity contribution >= 4 is 23.4 Å². The highest BCUT2D eigenvalue weighted by Crippen LogP contribution is 2.34. The fraction of sp³-hybridized carbons (Fsp3) is 0.286. The lowest BCUT2D eigenvalue weighted by Crippen LogP contribution is -2.40. The Hall–Kier alpha value is -2.60. The minimum absolute atomic E-state index is 0.113. The van der Waals surface area contributed by atoms with Gasteiger partial charge in [0.1, 0.15) is 0 Å². The van der Waals surface area contributed by atoms with Crippen LogP contribution in [0.25, 0.3) is 11.4 Å². The second-order valence-electron chi connectivity index (χ2n) is 6.88. The van der Waals surface area contributed by atoms with E-state index in [1.54, 1.807) is 0 Å². The molecule has 1 aliphatic rings. The molecular weight excluding hydrogens is 356 g/mol. The summed E-state index contributed by atoms with van der Waals surface area (Å²) in [5.74, 6) is 0.916. The number of hydrogen-bond acceptors (Lipinski definition) is 4. The molecule has 27 heavy (non-hydrogen) atoms. The molecule has 0 fully saturated rings. The molecule has 5 nitrogen and oxygen atoms in total. The molecule has 3 aromatic rings. The van der Waals surface area contributed by atoms with Gasteiger partial charge < -0.3 is 9.47 Å². The Bertz CT molecular complexity index is 969. The minimum atomic E-state index is -0.245. The molecule has 2 aromatic carbocycles. The third kappa shape index (κ3) is 3.25. The summed E-state index contributed by atoms with van der Waals surface area (Å²) in [5.41, 5.74) is 3.28. The largest absolute Gasteiger partial charge is 0.308 e. The third-order valence-electron chi connectivity index (χ3n) is 4.94. The number of carbonyl (C=O) groups excluding carboxylic acids is 1. The van der Waals surface area contributed by atoms with Crippen molar-refractivity contribution in [2.24, 2.45) is 7.05 Å². The number of nitrogens with zero attached hydrogens (tertiary/aromatic N) is 4. The molecule has 2 atom stereocenters. The van der Waals surface area contributed by atoms with Crippen molar-refractivity contribution in [1.29, 1.82) is 0 Å². The van der Waals surface area contributed by atoms with Crippen molar-refractivity contribution in [3.63, 3.8) is 0 Å². The van der Waals surface area contributed by atoms with Gasteiger partial charge in [-0.15, -0.1) is 10.2 Å². The van der Waals surface area contributed by atoms with Crippen molar-refractivity contribution in [1.82, 2.24) is 14.8 Å². The van der Waals surface area contributed by atoms with Crippen LogP contribution in [0.5, 0.6) is 0 Å². The number of carbonyl (C=O) groups is 1. The lowest BCUT2D eigenvalue weighted by atomic mass is 10.1. The van der Waals surface area contributed by atoms with Gasteiger partial charge in [-0.2, -0.15) is 0 Å². The fourth-order valence-electron chi connectivity index (χ4n) is 3.56. The summed E-state index contributed by atoms with van der Waals surface area (Å²) in [5, 5.41) is 9.12. The topological polar surface area (TPSA) is 51.0 Å². The van der Waals surface area contributed by atoms with Crippen LogP contribution in [0.4, 0.5) is 5.69 Å². The van der Waals surface area contributed by atoms with Gasteiger partial charge in [0.2, 0.25) is 5.91 Å². The Balaban J connectivity index is 1.54. The second kappa shape index (κ2) is 7.19. The first-order chi connectivity index (χ1) is 13.1. The first-order valence-electron chi connectivity index (χ1n) is 9.08. The molecule has 0 N–H and O–H groups in total. The maximum absolute atomic E-state index is 13.2. The molecule has 4 rings (SSSR count). The van der Waals surface area contributed by atoms with E-state index >= 15 is 0 Å². The van der Waals surface area contributed by atoms with Crippen LogP contribution in [0.2, 0.25) is 0 Å². The minimum Gasteiger partial charge on any atom is -0.308 e. The van der Waals surface area contributed by atoms with E-state index in [1.165, 1.54) is 17.3 Å². The van der Waals surface area contributed by atoms with Crippen LogP contribution in [0.15, 0.2) is 59.8 Å². The highest BCUT2D eigenvalue weighted by atomic mass is 32.2. The molecule has 1 amide bonds. The lowest BCUT2D eigenvalue weighted by Gasteiger charge is -2.25. The van der Waals surface area contributed by atoms with Crippen LogP contribution < -0.4 is 4.90 Å². The van der Waals surface area contributed by atoms with Crippen LogP contribution >= 0.6 is 11.8 Å². The molecule has 1 aliphatic heterocycles. The standard InChI is InChI=1S/C21H22N4OS/c1-14-13-17-11-7-8-12-18(17)25(14)20(26)15(2)27-21-23-22-19(24(21)3)16-9-5-4-6-10-16/h4-12,14-15H,13H2,1-3H3/t14-,15-/m0/s1. The Labute approximate surface area is 163 Å². The van der Waals surface area contributed by atoms with Crippen molar-refractivity contribution in [3.05, 3.63) is 60.2 Å². The summed E-state index contributed by atoms with van der Waals surface area (Å²) < 4.78 is 1.95. The average Bonchev–Trinajstić information content (AvgIpc) is 3.21. The van der Waals surface area contributed by atoms with Crippen LogP contribution in [-0.2, 0) is 18.3 Å². The van der Waals surface area contributed by atoms with Crippen LogP contribution in [-0.4, -0.2) is 32.0 Å². The highest BCUT2D eigenvalue weighted by Gasteiger charge is 2.34. The van der Waals surface area contributed by atoms with Crippen LogP contribution in [0, 0.1) is 0 Å². The van der Waals surface area contributed by atoms with Crippen molar-refractivity contribution in [3.8, 4) is 11.4 Å². The smallest absolute Gasteiger partial charge is 0.240 e. The predicted molar refractivity (Wildman–Crippen MR) is 109 cm³/mol. The Morgan fingerprint density at radius 1 is 1.11 bits per heavy atom. The van der Waals surface area contributed by atoms with Crippen molar-refractivity contribution in [2.75, 3.05) is 4.90 Å². The molecule has 1 aromatic heterocycles. The molecule has 0 unspecified atom stereocenters. The van der Waals surface area contributed by atoms with E-state index in [4.69, 9.17) is 0 Å². The SMILES string of the molecule is C[C@H](Sc1nnc(-c2ccccc2)n1C)C(=O)N1c2ccccc2C[C@@H]1C. The van der Waals surface area contributed by atoms with Gasteiger partial charge in [-0.1, -0.05) is 60.3 Å². The van der Waals surface area contributed by atoms with Crippen LogP contribution in [0.3, 0.4) is 0 Å². The quantitative estimate of drug-likeness (QED) is 0.645. The normalized spacial score (nSPS) is 17.0. The maximum Gasteiger partial charge on any atom is 0.240 e. The van der Waals surface area contributed by atoms with Crippen molar-refractivity contribution in [2.45, 2.75) is 36.7 Å². The highest BCUT2D eigenvalue weighted by molar-refractivity contribution is 8.00. The Kier molecular flexibility index (Phi) is 4.74. The molecule has 0 saturated carbocycles. The van der Waals surface area contributed by atoms with E-state index in [-0.39, 0.29) is 17.2 Å². The van der Waals surface area contributed by atoms with E-state index in [0.717, 1.165) is 28.7 Å². The zero-order valence-electron chi connectivity index (χ0n) is 15.7. The van der Waals surface area contributed by atoms with E-state index in [9.17, 15) is 4.79 Å². The van der Waals surface area contributed by atoms with Gasteiger partial charge in [-0.25, -0.2) is 0 Å². The van der Waals surface area contributed by atoms with Gasteiger partial charge in [0.25, 0.3) is 0 Å². The number of para-hydroxylation sites is 1. The Morgan fingerprint density at radius 3 is 2.59 bits per heavy atom. The molecule has 0 spiro atoms. The zero-order valence-corrected chi connectivity index (χ0v) is 16.5. The van der Waals surface area contributed by atoms with Crippen molar-refractivity contribution < 1.29 is 4.79 Å². The maximum atomic E-state index is 13.2. The second-order valence-corrected chi connectivity index (χ2v) is 8.19. The predicted octanol–water partition coefficient (Wildman–Crippen LogP) is 3.94. The number of thioether (sulfide) groups is 1. The summed E-state index contributed by atoms with van der Waals surface area (Å²) in [6.45, 7) is 4.04. The van der Waals surface area contributed by atoms with E-state index in [0.29, 0.717) is 0 Å². The first-order valence-corrected chi connectivity index (χ1v) is 9.96. The monoisotopic (exact) mass is 378 g/mol. The molecule has 0 saturated heterocycles. The van der Waals surface area contributed by atoms with Gasteiger partial charge in [-0.05, 0) is 31.9 Å². The van der Waals surface area contributed by atoms with E-state index in [2.05, 4.69) is 23.2 Å². The van der Waals surface area contributed by atoms with Gasteiger partial charge in [-0.3, -0.25) is 4.79 Å². The van der Waals surface area contributed by atoms with Gasteiger partial charge in [0, 0.05) is 24.3 Å².